The lowest BCUT2D eigenvalue weighted by Crippen LogP contribution is -2.17. The second-order valence-corrected chi connectivity index (χ2v) is 3.84. The highest BCUT2D eigenvalue weighted by atomic mass is 19.3. The Balaban J connectivity index is 2.37. The molecule has 1 aliphatic carbocycles. The average molecular weight is 212 g/mol. The van der Waals surface area contributed by atoms with Crippen molar-refractivity contribution in [3.05, 3.63) is 35.4 Å². The summed E-state index contributed by atoms with van der Waals surface area (Å²) in [5, 5.41) is 8.75. The standard InChI is InChI=1S/C11H10F2O2/c12-10(13)11(4-5-11)8-3-1-2-7(6-8)9(14)15/h1-3,6,10H,4-5H2,(H,14,15). The van der Waals surface area contributed by atoms with Crippen LogP contribution in [-0.4, -0.2) is 17.5 Å². The SMILES string of the molecule is O=C(O)c1cccc(C2(C(F)F)CC2)c1. The van der Waals surface area contributed by atoms with Gasteiger partial charge < -0.3 is 5.11 Å². The van der Waals surface area contributed by atoms with Crippen molar-refractivity contribution in [2.24, 2.45) is 0 Å². The van der Waals surface area contributed by atoms with Crippen LogP contribution in [0.5, 0.6) is 0 Å². The van der Waals surface area contributed by atoms with Crippen LogP contribution in [0.25, 0.3) is 0 Å². The molecule has 1 fully saturated rings. The minimum atomic E-state index is -2.42. The Hall–Kier alpha value is -1.45. The van der Waals surface area contributed by atoms with Crippen molar-refractivity contribution in [3.63, 3.8) is 0 Å². The minimum Gasteiger partial charge on any atom is -0.478 e. The zero-order valence-electron chi connectivity index (χ0n) is 7.91. The van der Waals surface area contributed by atoms with Gasteiger partial charge in [0.25, 0.3) is 0 Å². The number of aromatic carboxylic acids is 1. The number of hydrogen-bond donors (Lipinski definition) is 1. The molecule has 0 atom stereocenters. The lowest BCUT2D eigenvalue weighted by atomic mass is 9.95. The second kappa shape index (κ2) is 3.29. The summed E-state index contributed by atoms with van der Waals surface area (Å²) in [6.45, 7) is 0. The lowest BCUT2D eigenvalue weighted by molar-refractivity contribution is 0.0695. The Morgan fingerprint density at radius 2 is 2.07 bits per heavy atom. The molecule has 1 saturated carbocycles. The molecule has 0 bridgehead atoms. The topological polar surface area (TPSA) is 37.3 Å². The summed E-state index contributed by atoms with van der Waals surface area (Å²) in [5.74, 6) is -1.08. The molecule has 1 aromatic carbocycles. The summed E-state index contributed by atoms with van der Waals surface area (Å²) in [5.41, 5.74) is -0.567. The van der Waals surface area contributed by atoms with E-state index >= 15 is 0 Å². The van der Waals surface area contributed by atoms with Crippen LogP contribution in [0.2, 0.25) is 0 Å². The van der Waals surface area contributed by atoms with Gasteiger partial charge in [0.2, 0.25) is 6.43 Å². The van der Waals surface area contributed by atoms with Crippen LogP contribution in [0, 0.1) is 0 Å². The van der Waals surface area contributed by atoms with Gasteiger partial charge in [0.05, 0.1) is 11.0 Å². The zero-order chi connectivity index (χ0) is 11.1. The molecule has 2 rings (SSSR count). The van der Waals surface area contributed by atoms with Crippen molar-refractivity contribution in [1.82, 2.24) is 0 Å². The molecule has 0 aromatic heterocycles. The summed E-state index contributed by atoms with van der Waals surface area (Å²) < 4.78 is 25.5. The number of benzene rings is 1. The number of halogens is 2. The van der Waals surface area contributed by atoms with Crippen LogP contribution in [0.15, 0.2) is 24.3 Å². The molecule has 0 spiro atoms. The highest BCUT2D eigenvalue weighted by Gasteiger charge is 2.52. The largest absolute Gasteiger partial charge is 0.478 e. The fourth-order valence-electron chi connectivity index (χ4n) is 1.73. The minimum absolute atomic E-state index is 0.0689. The van der Waals surface area contributed by atoms with Crippen LogP contribution in [0.1, 0.15) is 28.8 Å². The number of carboxylic acids is 1. The van der Waals surface area contributed by atoms with Crippen molar-refractivity contribution in [2.45, 2.75) is 24.7 Å². The number of hydrogen-bond acceptors (Lipinski definition) is 1. The lowest BCUT2D eigenvalue weighted by Gasteiger charge is -2.14. The van der Waals surface area contributed by atoms with E-state index in [1.165, 1.54) is 18.2 Å². The number of carbonyl (C=O) groups is 1. The van der Waals surface area contributed by atoms with E-state index in [1.54, 1.807) is 6.07 Å². The molecule has 0 unspecified atom stereocenters. The van der Waals surface area contributed by atoms with Crippen molar-refractivity contribution in [1.29, 1.82) is 0 Å². The van der Waals surface area contributed by atoms with E-state index in [2.05, 4.69) is 0 Å². The fraction of sp³-hybridized carbons (Fsp3) is 0.364. The van der Waals surface area contributed by atoms with Gasteiger partial charge in [-0.25, -0.2) is 13.6 Å². The molecule has 15 heavy (non-hydrogen) atoms. The molecule has 0 radical (unpaired) electrons. The van der Waals surface area contributed by atoms with Gasteiger partial charge in [0.1, 0.15) is 0 Å². The Labute approximate surface area is 85.5 Å². The van der Waals surface area contributed by atoms with Crippen molar-refractivity contribution >= 4 is 5.97 Å². The van der Waals surface area contributed by atoms with Crippen LogP contribution >= 0.6 is 0 Å². The molecule has 0 amide bonds. The molecule has 0 saturated heterocycles. The first kappa shape index (κ1) is 10.1. The van der Waals surface area contributed by atoms with Gasteiger partial charge in [-0.2, -0.15) is 0 Å². The van der Waals surface area contributed by atoms with Gasteiger partial charge in [0.15, 0.2) is 0 Å². The monoisotopic (exact) mass is 212 g/mol. The summed E-state index contributed by atoms with van der Waals surface area (Å²) in [4.78, 5) is 10.7. The molecule has 80 valence electrons. The summed E-state index contributed by atoms with van der Waals surface area (Å²) in [7, 11) is 0. The van der Waals surface area contributed by atoms with Crippen LogP contribution in [0.3, 0.4) is 0 Å². The summed E-state index contributed by atoms with van der Waals surface area (Å²) in [6.07, 6.45) is -1.54. The van der Waals surface area contributed by atoms with Crippen molar-refractivity contribution in [2.75, 3.05) is 0 Å². The van der Waals surface area contributed by atoms with E-state index in [4.69, 9.17) is 5.11 Å². The first-order valence-electron chi connectivity index (χ1n) is 4.68. The van der Waals surface area contributed by atoms with Crippen molar-refractivity contribution < 1.29 is 18.7 Å². The van der Waals surface area contributed by atoms with E-state index in [0.717, 1.165) is 0 Å². The third-order valence-corrected chi connectivity index (χ3v) is 2.89. The molecule has 0 heterocycles. The average Bonchev–Trinajstić information content (AvgIpc) is 2.98. The normalized spacial score (nSPS) is 17.8. The molecule has 2 nitrogen and oxygen atoms in total. The molecule has 1 N–H and O–H groups in total. The predicted molar refractivity (Wildman–Crippen MR) is 50.3 cm³/mol. The van der Waals surface area contributed by atoms with Crippen LogP contribution < -0.4 is 0 Å². The third kappa shape index (κ3) is 1.60. The summed E-state index contributed by atoms with van der Waals surface area (Å²) in [6, 6.07) is 5.85. The van der Waals surface area contributed by atoms with Crippen LogP contribution in [-0.2, 0) is 5.41 Å². The first-order valence-corrected chi connectivity index (χ1v) is 4.68. The van der Waals surface area contributed by atoms with E-state index < -0.39 is 17.8 Å². The van der Waals surface area contributed by atoms with Gasteiger partial charge in [-0.1, -0.05) is 12.1 Å². The van der Waals surface area contributed by atoms with Crippen LogP contribution in [0.4, 0.5) is 8.78 Å². The maximum atomic E-state index is 12.7. The quantitative estimate of drug-likeness (QED) is 0.836. The Morgan fingerprint density at radius 1 is 1.40 bits per heavy atom. The predicted octanol–water partition coefficient (Wildman–Crippen LogP) is 2.68. The molecule has 0 aliphatic heterocycles. The molecule has 1 aliphatic rings. The molecular weight excluding hydrogens is 202 g/mol. The van der Waals surface area contributed by atoms with Gasteiger partial charge in [-0.15, -0.1) is 0 Å². The maximum absolute atomic E-state index is 12.7. The maximum Gasteiger partial charge on any atom is 0.335 e. The number of rotatable bonds is 3. The highest BCUT2D eigenvalue weighted by molar-refractivity contribution is 5.87. The number of alkyl halides is 2. The zero-order valence-corrected chi connectivity index (χ0v) is 7.91. The second-order valence-electron chi connectivity index (χ2n) is 3.84. The van der Waals surface area contributed by atoms with E-state index in [-0.39, 0.29) is 5.56 Å². The van der Waals surface area contributed by atoms with Gasteiger partial charge in [0, 0.05) is 0 Å². The van der Waals surface area contributed by atoms with Gasteiger partial charge >= 0.3 is 5.97 Å². The first-order chi connectivity index (χ1) is 7.06. The summed E-state index contributed by atoms with van der Waals surface area (Å²) >= 11 is 0. The van der Waals surface area contributed by atoms with Gasteiger partial charge in [-0.3, -0.25) is 0 Å². The van der Waals surface area contributed by atoms with Gasteiger partial charge in [-0.05, 0) is 30.5 Å². The number of carboxylic acid groups (broad SMARTS) is 1. The fourth-order valence-corrected chi connectivity index (χ4v) is 1.73. The molecular formula is C11H10F2O2. The molecule has 4 heteroatoms. The van der Waals surface area contributed by atoms with E-state index in [9.17, 15) is 13.6 Å². The molecule has 1 aromatic rings. The Kier molecular flexibility index (Phi) is 2.21. The van der Waals surface area contributed by atoms with E-state index in [1.807, 2.05) is 0 Å². The third-order valence-electron chi connectivity index (χ3n) is 2.89. The smallest absolute Gasteiger partial charge is 0.335 e. The van der Waals surface area contributed by atoms with E-state index in [0.29, 0.717) is 18.4 Å². The highest BCUT2D eigenvalue weighted by Crippen LogP contribution is 2.52. The van der Waals surface area contributed by atoms with Crippen molar-refractivity contribution in [3.8, 4) is 0 Å². The Morgan fingerprint density at radius 3 is 2.53 bits per heavy atom. The Bertz CT molecular complexity index is 397.